The second-order valence-corrected chi connectivity index (χ2v) is 3.95. The van der Waals surface area contributed by atoms with Crippen LogP contribution < -0.4 is 5.73 Å². The van der Waals surface area contributed by atoms with Crippen molar-refractivity contribution in [3.8, 4) is 11.1 Å². The molecule has 0 fully saturated rings. The Kier molecular flexibility index (Phi) is 2.22. The molecule has 82 valence electrons. The minimum atomic E-state index is 0.785. The molecule has 0 atom stereocenters. The van der Waals surface area contributed by atoms with Crippen LogP contribution >= 0.6 is 0 Å². The molecule has 0 saturated heterocycles. The van der Waals surface area contributed by atoms with Gasteiger partial charge in [0.25, 0.3) is 0 Å². The molecule has 0 bridgehead atoms. The highest BCUT2D eigenvalue weighted by molar-refractivity contribution is 5.89. The first-order valence-corrected chi connectivity index (χ1v) is 5.37. The van der Waals surface area contributed by atoms with Crippen LogP contribution in [0, 0.1) is 0 Å². The van der Waals surface area contributed by atoms with E-state index in [1.54, 1.807) is 0 Å². The van der Waals surface area contributed by atoms with E-state index < -0.39 is 0 Å². The van der Waals surface area contributed by atoms with Crippen molar-refractivity contribution in [2.75, 3.05) is 5.73 Å². The van der Waals surface area contributed by atoms with E-state index in [1.807, 2.05) is 30.6 Å². The van der Waals surface area contributed by atoms with Crippen LogP contribution in [0.25, 0.3) is 21.9 Å². The van der Waals surface area contributed by atoms with Crippen LogP contribution in [0.15, 0.2) is 55.1 Å². The van der Waals surface area contributed by atoms with Gasteiger partial charge in [0, 0.05) is 23.6 Å². The van der Waals surface area contributed by atoms with Crippen molar-refractivity contribution in [3.63, 3.8) is 0 Å². The van der Waals surface area contributed by atoms with E-state index in [1.165, 1.54) is 11.7 Å². The summed E-state index contributed by atoms with van der Waals surface area (Å²) < 4.78 is 0. The molecular formula is C14H11N3. The van der Waals surface area contributed by atoms with Crippen molar-refractivity contribution in [1.29, 1.82) is 0 Å². The Morgan fingerprint density at radius 1 is 0.765 bits per heavy atom. The first-order valence-electron chi connectivity index (χ1n) is 5.37. The Morgan fingerprint density at radius 2 is 1.47 bits per heavy atom. The summed E-state index contributed by atoms with van der Waals surface area (Å²) in [5.41, 5.74) is 8.67. The van der Waals surface area contributed by atoms with Crippen molar-refractivity contribution in [1.82, 2.24) is 9.97 Å². The maximum Gasteiger partial charge on any atom is 0.115 e. The molecule has 0 unspecified atom stereocenters. The number of aromatic nitrogens is 2. The Balaban J connectivity index is 2.17. The molecule has 3 nitrogen and oxygen atoms in total. The van der Waals surface area contributed by atoms with Gasteiger partial charge < -0.3 is 5.73 Å². The molecule has 0 aliphatic rings. The third-order valence-corrected chi connectivity index (χ3v) is 2.76. The lowest BCUT2D eigenvalue weighted by atomic mass is 10.0. The number of nitrogens with two attached hydrogens (primary N) is 1. The molecule has 3 heteroatoms. The monoisotopic (exact) mass is 221 g/mol. The third kappa shape index (κ3) is 1.83. The van der Waals surface area contributed by atoms with E-state index in [9.17, 15) is 0 Å². The normalized spacial score (nSPS) is 10.6. The van der Waals surface area contributed by atoms with Gasteiger partial charge in [0.1, 0.15) is 6.33 Å². The van der Waals surface area contributed by atoms with Gasteiger partial charge in [-0.05, 0) is 34.5 Å². The van der Waals surface area contributed by atoms with Crippen molar-refractivity contribution >= 4 is 16.5 Å². The molecule has 2 aromatic carbocycles. The Morgan fingerprint density at radius 3 is 2.29 bits per heavy atom. The summed E-state index contributed by atoms with van der Waals surface area (Å²) in [5, 5.41) is 2.31. The highest BCUT2D eigenvalue weighted by Crippen LogP contribution is 2.24. The summed E-state index contributed by atoms with van der Waals surface area (Å²) in [5.74, 6) is 0. The van der Waals surface area contributed by atoms with E-state index in [0.717, 1.165) is 22.2 Å². The quantitative estimate of drug-likeness (QED) is 0.643. The lowest BCUT2D eigenvalue weighted by Crippen LogP contribution is -1.85. The lowest BCUT2D eigenvalue weighted by Gasteiger charge is -2.04. The minimum Gasteiger partial charge on any atom is -0.399 e. The van der Waals surface area contributed by atoms with Crippen molar-refractivity contribution in [3.05, 3.63) is 55.1 Å². The summed E-state index contributed by atoms with van der Waals surface area (Å²) in [7, 11) is 0. The Hall–Kier alpha value is -2.42. The highest BCUT2D eigenvalue weighted by Gasteiger charge is 2.00. The smallest absolute Gasteiger partial charge is 0.115 e. The largest absolute Gasteiger partial charge is 0.399 e. The molecular weight excluding hydrogens is 210 g/mol. The molecule has 0 saturated carbocycles. The van der Waals surface area contributed by atoms with E-state index in [0.29, 0.717) is 0 Å². The van der Waals surface area contributed by atoms with Crippen LogP contribution in [-0.4, -0.2) is 9.97 Å². The average molecular weight is 221 g/mol. The van der Waals surface area contributed by atoms with E-state index in [-0.39, 0.29) is 0 Å². The molecule has 0 aliphatic heterocycles. The number of benzene rings is 2. The lowest BCUT2D eigenvalue weighted by molar-refractivity contribution is 1.17. The zero-order valence-electron chi connectivity index (χ0n) is 9.17. The Labute approximate surface area is 98.9 Å². The van der Waals surface area contributed by atoms with Crippen LogP contribution in [0.2, 0.25) is 0 Å². The molecule has 0 spiro atoms. The van der Waals surface area contributed by atoms with Gasteiger partial charge in [0.05, 0.1) is 0 Å². The highest BCUT2D eigenvalue weighted by atomic mass is 14.8. The average Bonchev–Trinajstić information content (AvgIpc) is 2.39. The minimum absolute atomic E-state index is 0.785. The SMILES string of the molecule is Nc1ccc2cc(-c3cncnc3)ccc2c1. The second kappa shape index (κ2) is 3.87. The van der Waals surface area contributed by atoms with Gasteiger partial charge in [-0.15, -0.1) is 0 Å². The number of rotatable bonds is 1. The zero-order chi connectivity index (χ0) is 11.7. The van der Waals surface area contributed by atoms with Crippen LogP contribution in [0.1, 0.15) is 0 Å². The first-order chi connectivity index (χ1) is 8.33. The van der Waals surface area contributed by atoms with E-state index in [2.05, 4.69) is 28.2 Å². The number of hydrogen-bond donors (Lipinski definition) is 1. The van der Waals surface area contributed by atoms with E-state index in [4.69, 9.17) is 5.73 Å². The number of nitrogen functional groups attached to an aromatic ring is 1. The molecule has 3 rings (SSSR count). The van der Waals surface area contributed by atoms with Crippen LogP contribution in [-0.2, 0) is 0 Å². The van der Waals surface area contributed by atoms with Gasteiger partial charge in [0.2, 0.25) is 0 Å². The molecule has 2 N–H and O–H groups in total. The third-order valence-electron chi connectivity index (χ3n) is 2.76. The number of hydrogen-bond acceptors (Lipinski definition) is 3. The van der Waals surface area contributed by atoms with Crippen LogP contribution in [0.3, 0.4) is 0 Å². The van der Waals surface area contributed by atoms with Gasteiger partial charge in [-0.3, -0.25) is 0 Å². The van der Waals surface area contributed by atoms with Crippen LogP contribution in [0.5, 0.6) is 0 Å². The Bertz CT molecular complexity index is 663. The fourth-order valence-electron chi connectivity index (χ4n) is 1.89. The van der Waals surface area contributed by atoms with Gasteiger partial charge in [-0.25, -0.2) is 9.97 Å². The number of nitrogens with zero attached hydrogens (tertiary/aromatic N) is 2. The molecule has 3 aromatic rings. The summed E-state index contributed by atoms with van der Waals surface area (Å²) in [6.07, 6.45) is 5.15. The van der Waals surface area contributed by atoms with E-state index >= 15 is 0 Å². The molecule has 0 radical (unpaired) electrons. The fourth-order valence-corrected chi connectivity index (χ4v) is 1.89. The number of fused-ring (bicyclic) bond motifs is 1. The second-order valence-electron chi connectivity index (χ2n) is 3.95. The molecule has 0 amide bonds. The summed E-state index contributed by atoms with van der Waals surface area (Å²) in [6.45, 7) is 0. The molecule has 0 aliphatic carbocycles. The fraction of sp³-hybridized carbons (Fsp3) is 0. The topological polar surface area (TPSA) is 51.8 Å². The van der Waals surface area contributed by atoms with Crippen molar-refractivity contribution < 1.29 is 0 Å². The summed E-state index contributed by atoms with van der Waals surface area (Å²) in [4.78, 5) is 8.05. The zero-order valence-corrected chi connectivity index (χ0v) is 9.17. The predicted octanol–water partition coefficient (Wildman–Crippen LogP) is 2.88. The molecule has 1 heterocycles. The molecule has 17 heavy (non-hydrogen) atoms. The number of anilines is 1. The van der Waals surface area contributed by atoms with Crippen LogP contribution in [0.4, 0.5) is 5.69 Å². The summed E-state index contributed by atoms with van der Waals surface area (Å²) >= 11 is 0. The van der Waals surface area contributed by atoms with Gasteiger partial charge >= 0.3 is 0 Å². The van der Waals surface area contributed by atoms with Gasteiger partial charge in [-0.1, -0.05) is 18.2 Å². The predicted molar refractivity (Wildman–Crippen MR) is 69.4 cm³/mol. The van der Waals surface area contributed by atoms with Gasteiger partial charge in [-0.2, -0.15) is 0 Å². The maximum absolute atomic E-state index is 5.75. The van der Waals surface area contributed by atoms with Crippen molar-refractivity contribution in [2.24, 2.45) is 0 Å². The maximum atomic E-state index is 5.75. The summed E-state index contributed by atoms with van der Waals surface area (Å²) in [6, 6.07) is 12.1. The standard InChI is InChI=1S/C14H11N3/c15-14-4-3-10-5-11(1-2-12(10)6-14)13-7-16-9-17-8-13/h1-9H,15H2. The first kappa shape index (κ1) is 9.78. The van der Waals surface area contributed by atoms with Gasteiger partial charge in [0.15, 0.2) is 0 Å². The van der Waals surface area contributed by atoms with Crippen molar-refractivity contribution in [2.45, 2.75) is 0 Å². The molecule has 1 aromatic heterocycles.